The lowest BCUT2D eigenvalue weighted by Gasteiger charge is -2.08. The van der Waals surface area contributed by atoms with Gasteiger partial charge in [-0.15, -0.1) is 24.0 Å². The first-order valence-electron chi connectivity index (χ1n) is 7.01. The lowest BCUT2D eigenvalue weighted by atomic mass is 10.1. The van der Waals surface area contributed by atoms with Gasteiger partial charge in [0.2, 0.25) is 0 Å². The van der Waals surface area contributed by atoms with E-state index in [1.54, 1.807) is 0 Å². The second-order valence-corrected chi connectivity index (χ2v) is 5.22. The highest BCUT2D eigenvalue weighted by Gasteiger charge is 2.29. The van der Waals surface area contributed by atoms with Crippen LogP contribution in [0.1, 0.15) is 37.8 Å². The van der Waals surface area contributed by atoms with Crippen LogP contribution >= 0.6 is 24.0 Å². The van der Waals surface area contributed by atoms with E-state index >= 15 is 0 Å². The van der Waals surface area contributed by atoms with Gasteiger partial charge in [0.1, 0.15) is 0 Å². The summed E-state index contributed by atoms with van der Waals surface area (Å²) in [6, 6.07) is 5.55. The molecule has 22 heavy (non-hydrogen) atoms. The van der Waals surface area contributed by atoms with Gasteiger partial charge < -0.3 is 11.1 Å². The smallest absolute Gasteiger partial charge is 0.370 e. The van der Waals surface area contributed by atoms with Gasteiger partial charge in [-0.05, 0) is 50.8 Å². The lowest BCUT2D eigenvalue weighted by Crippen LogP contribution is -2.36. The van der Waals surface area contributed by atoms with Crippen LogP contribution in [0.5, 0.6) is 0 Å². The van der Waals surface area contributed by atoms with Crippen molar-refractivity contribution in [3.05, 3.63) is 35.4 Å². The van der Waals surface area contributed by atoms with Crippen LogP contribution in [0.15, 0.2) is 29.3 Å². The number of unbranched alkanes of at least 4 members (excludes halogenated alkanes) is 1. The summed E-state index contributed by atoms with van der Waals surface area (Å²) in [4.78, 5) is 4.18. The Morgan fingerprint density at radius 3 is 2.27 bits per heavy atom. The molecule has 7 heteroatoms. The van der Waals surface area contributed by atoms with Crippen molar-refractivity contribution >= 4 is 29.9 Å². The van der Waals surface area contributed by atoms with Crippen molar-refractivity contribution in [3.63, 3.8) is 0 Å². The van der Waals surface area contributed by atoms with E-state index in [9.17, 15) is 13.2 Å². The Labute approximate surface area is 146 Å². The molecule has 0 aliphatic carbocycles. The number of aryl methyl sites for hydroxylation is 1. The Morgan fingerprint density at radius 1 is 1.18 bits per heavy atom. The molecule has 0 aromatic heterocycles. The monoisotopic (exact) mass is 429 g/mol. The van der Waals surface area contributed by atoms with Gasteiger partial charge in [0.15, 0.2) is 5.96 Å². The largest absolute Gasteiger partial charge is 0.416 e. The third-order valence-corrected chi connectivity index (χ3v) is 2.87. The molecule has 0 radical (unpaired) electrons. The first kappa shape index (κ1) is 21.0. The molecule has 3 nitrogen and oxygen atoms in total. The highest BCUT2D eigenvalue weighted by atomic mass is 127. The van der Waals surface area contributed by atoms with E-state index in [2.05, 4.69) is 10.3 Å². The fourth-order valence-electron chi connectivity index (χ4n) is 1.84. The van der Waals surface area contributed by atoms with Crippen LogP contribution in [0.3, 0.4) is 0 Å². The van der Waals surface area contributed by atoms with Crippen molar-refractivity contribution in [2.75, 3.05) is 6.54 Å². The summed E-state index contributed by atoms with van der Waals surface area (Å²) in [5.41, 5.74) is 5.95. The summed E-state index contributed by atoms with van der Waals surface area (Å²) < 4.78 is 37.2. The van der Waals surface area contributed by atoms with E-state index in [0.29, 0.717) is 12.5 Å². The molecule has 126 valence electrons. The van der Waals surface area contributed by atoms with Gasteiger partial charge >= 0.3 is 6.18 Å². The Kier molecular flexibility index (Phi) is 9.47. The van der Waals surface area contributed by atoms with Crippen LogP contribution < -0.4 is 11.1 Å². The number of guanidine groups is 1. The normalized spacial score (nSPS) is 12.2. The minimum absolute atomic E-state index is 0. The molecule has 0 heterocycles. The molecule has 0 unspecified atom stereocenters. The van der Waals surface area contributed by atoms with Crippen molar-refractivity contribution in [2.24, 2.45) is 10.7 Å². The van der Waals surface area contributed by atoms with E-state index in [0.717, 1.165) is 37.0 Å². The number of hydrogen-bond acceptors (Lipinski definition) is 1. The molecule has 0 amide bonds. The van der Waals surface area contributed by atoms with E-state index in [1.165, 1.54) is 12.1 Å². The Bertz CT molecular complexity index is 456. The summed E-state index contributed by atoms with van der Waals surface area (Å²) in [5.74, 6) is 0.430. The number of nitrogens with zero attached hydrogens (tertiary/aromatic N) is 1. The molecule has 0 atom stereocenters. The summed E-state index contributed by atoms with van der Waals surface area (Å²) in [7, 11) is 0. The molecule has 1 aromatic carbocycles. The zero-order chi connectivity index (χ0) is 15.9. The van der Waals surface area contributed by atoms with E-state index < -0.39 is 11.7 Å². The third kappa shape index (κ3) is 8.45. The minimum atomic E-state index is -4.27. The number of aliphatic imine (C=N–C) groups is 1. The van der Waals surface area contributed by atoms with Crippen LogP contribution in [0, 0.1) is 0 Å². The quantitative estimate of drug-likeness (QED) is 0.311. The van der Waals surface area contributed by atoms with E-state index in [-0.39, 0.29) is 30.0 Å². The maximum Gasteiger partial charge on any atom is 0.416 e. The van der Waals surface area contributed by atoms with Crippen LogP contribution in [0.4, 0.5) is 13.2 Å². The molecule has 0 bridgehead atoms. The summed E-state index contributed by atoms with van der Waals surface area (Å²) in [6.45, 7) is 4.58. The summed E-state index contributed by atoms with van der Waals surface area (Å²) >= 11 is 0. The van der Waals surface area contributed by atoms with Gasteiger partial charge in [0.25, 0.3) is 0 Å². The van der Waals surface area contributed by atoms with Crippen molar-refractivity contribution in [3.8, 4) is 0 Å². The predicted molar refractivity (Wildman–Crippen MR) is 94.6 cm³/mol. The maximum atomic E-state index is 12.4. The number of hydrogen-bond donors (Lipinski definition) is 2. The Hall–Kier alpha value is -0.990. The van der Waals surface area contributed by atoms with Crippen LogP contribution in [0.2, 0.25) is 0 Å². The molecule has 0 saturated carbocycles. The van der Waals surface area contributed by atoms with Gasteiger partial charge in [-0.2, -0.15) is 13.2 Å². The molecule has 0 fully saturated rings. The number of halogens is 4. The molecule has 3 N–H and O–H groups in total. The summed E-state index contributed by atoms with van der Waals surface area (Å²) in [5, 5.41) is 2.99. The number of rotatable bonds is 6. The highest BCUT2D eigenvalue weighted by Crippen LogP contribution is 2.29. The third-order valence-electron chi connectivity index (χ3n) is 2.87. The van der Waals surface area contributed by atoms with Gasteiger partial charge in [-0.3, -0.25) is 4.99 Å². The second-order valence-electron chi connectivity index (χ2n) is 5.22. The zero-order valence-electron chi connectivity index (χ0n) is 12.8. The Balaban J connectivity index is 0.00000441. The van der Waals surface area contributed by atoms with Crippen molar-refractivity contribution in [2.45, 2.75) is 45.3 Å². The van der Waals surface area contributed by atoms with Crippen molar-refractivity contribution in [1.82, 2.24) is 5.32 Å². The fraction of sp³-hybridized carbons (Fsp3) is 0.533. The van der Waals surface area contributed by atoms with Crippen LogP contribution in [-0.2, 0) is 12.6 Å². The topological polar surface area (TPSA) is 50.4 Å². The molecular weight excluding hydrogens is 406 g/mol. The predicted octanol–water partition coefficient (Wildman–Crippen LogP) is 3.96. The number of benzene rings is 1. The van der Waals surface area contributed by atoms with Gasteiger partial charge in [0, 0.05) is 12.6 Å². The molecule has 1 aromatic rings. The standard InChI is InChI=1S/C15H22F3N3.HI/c1-11(2)21-14(19)20-10-4-3-5-12-6-8-13(9-7-12)15(16,17)18;/h6-9,11H,3-5,10H2,1-2H3,(H3,19,20,21);1H. The highest BCUT2D eigenvalue weighted by molar-refractivity contribution is 14.0. The number of alkyl halides is 3. The summed E-state index contributed by atoms with van der Waals surface area (Å²) in [6.07, 6.45) is -1.81. The average Bonchev–Trinajstić information content (AvgIpc) is 2.37. The molecule has 0 saturated heterocycles. The van der Waals surface area contributed by atoms with Gasteiger partial charge in [-0.25, -0.2) is 0 Å². The average molecular weight is 429 g/mol. The van der Waals surface area contributed by atoms with Crippen LogP contribution in [-0.4, -0.2) is 18.5 Å². The first-order chi connectivity index (χ1) is 9.79. The van der Waals surface area contributed by atoms with Crippen LogP contribution in [0.25, 0.3) is 0 Å². The molecule has 0 spiro atoms. The minimum Gasteiger partial charge on any atom is -0.370 e. The zero-order valence-corrected chi connectivity index (χ0v) is 15.1. The molecule has 0 aliphatic rings. The van der Waals surface area contributed by atoms with Gasteiger partial charge in [-0.1, -0.05) is 12.1 Å². The molecule has 0 aliphatic heterocycles. The van der Waals surface area contributed by atoms with Crippen molar-refractivity contribution in [1.29, 1.82) is 0 Å². The maximum absolute atomic E-state index is 12.4. The number of nitrogens with one attached hydrogen (secondary N) is 1. The fourth-order valence-corrected chi connectivity index (χ4v) is 1.84. The number of nitrogens with two attached hydrogens (primary N) is 1. The Morgan fingerprint density at radius 2 is 1.77 bits per heavy atom. The molecule has 1 rings (SSSR count). The lowest BCUT2D eigenvalue weighted by molar-refractivity contribution is -0.137. The van der Waals surface area contributed by atoms with E-state index in [1.807, 2.05) is 13.8 Å². The SMILES string of the molecule is CC(C)NC(N)=NCCCCc1ccc(C(F)(F)F)cc1.I. The molecular formula is C15H23F3IN3. The van der Waals surface area contributed by atoms with E-state index in [4.69, 9.17) is 5.73 Å². The van der Waals surface area contributed by atoms with Crippen molar-refractivity contribution < 1.29 is 13.2 Å². The first-order valence-corrected chi connectivity index (χ1v) is 7.01. The van der Waals surface area contributed by atoms with Gasteiger partial charge in [0.05, 0.1) is 5.56 Å². The second kappa shape index (κ2) is 9.91.